The zero-order chi connectivity index (χ0) is 17.6. The number of hydrogen-bond donors (Lipinski definition) is 1. The fourth-order valence-corrected chi connectivity index (χ4v) is 2.33. The molecule has 0 unspecified atom stereocenters. The van der Waals surface area contributed by atoms with Crippen molar-refractivity contribution in [2.75, 3.05) is 5.32 Å². The van der Waals surface area contributed by atoms with Crippen LogP contribution in [-0.2, 0) is 17.8 Å². The van der Waals surface area contributed by atoms with E-state index in [1.165, 1.54) is 12.5 Å². The van der Waals surface area contributed by atoms with Crippen LogP contribution in [0.15, 0.2) is 53.1 Å². The molecule has 25 heavy (non-hydrogen) atoms. The minimum absolute atomic E-state index is 0.132. The van der Waals surface area contributed by atoms with Crippen molar-refractivity contribution >= 4 is 11.6 Å². The SMILES string of the molecule is CCc1ccc(-c2noc(COc3cccc(NC(C)=O)c3)n2)cc1. The summed E-state index contributed by atoms with van der Waals surface area (Å²) in [7, 11) is 0. The van der Waals surface area contributed by atoms with E-state index in [2.05, 4.69) is 34.5 Å². The molecule has 0 saturated carbocycles. The van der Waals surface area contributed by atoms with E-state index in [0.717, 1.165) is 12.0 Å². The monoisotopic (exact) mass is 337 g/mol. The first-order chi connectivity index (χ1) is 12.1. The summed E-state index contributed by atoms with van der Waals surface area (Å²) in [4.78, 5) is 15.4. The number of nitrogens with zero attached hydrogens (tertiary/aromatic N) is 2. The molecule has 0 aliphatic heterocycles. The van der Waals surface area contributed by atoms with Gasteiger partial charge in [0, 0.05) is 24.2 Å². The van der Waals surface area contributed by atoms with Crippen LogP contribution in [0.5, 0.6) is 5.75 Å². The van der Waals surface area contributed by atoms with Crippen LogP contribution in [0.4, 0.5) is 5.69 Å². The Labute approximate surface area is 145 Å². The van der Waals surface area contributed by atoms with Crippen molar-refractivity contribution in [3.63, 3.8) is 0 Å². The smallest absolute Gasteiger partial charge is 0.264 e. The van der Waals surface area contributed by atoms with E-state index in [0.29, 0.717) is 23.2 Å². The molecule has 0 spiro atoms. The average molecular weight is 337 g/mol. The molecule has 0 aliphatic rings. The second-order valence-electron chi connectivity index (χ2n) is 5.56. The summed E-state index contributed by atoms with van der Waals surface area (Å²) in [6.07, 6.45) is 0.989. The lowest BCUT2D eigenvalue weighted by atomic mass is 10.1. The first kappa shape index (κ1) is 16.7. The normalized spacial score (nSPS) is 10.5. The van der Waals surface area contributed by atoms with Gasteiger partial charge in [-0.3, -0.25) is 4.79 Å². The lowest BCUT2D eigenvalue weighted by molar-refractivity contribution is -0.114. The maximum Gasteiger partial charge on any atom is 0.264 e. The van der Waals surface area contributed by atoms with Crippen LogP contribution < -0.4 is 10.1 Å². The van der Waals surface area contributed by atoms with E-state index in [4.69, 9.17) is 9.26 Å². The first-order valence-corrected chi connectivity index (χ1v) is 8.06. The maximum atomic E-state index is 11.1. The number of anilines is 1. The largest absolute Gasteiger partial charge is 0.484 e. The molecule has 0 aliphatic carbocycles. The van der Waals surface area contributed by atoms with Crippen molar-refractivity contribution in [3.05, 3.63) is 60.0 Å². The van der Waals surface area contributed by atoms with Gasteiger partial charge in [0.15, 0.2) is 6.61 Å². The fraction of sp³-hybridized carbons (Fsp3) is 0.211. The van der Waals surface area contributed by atoms with Crippen molar-refractivity contribution in [2.45, 2.75) is 26.9 Å². The highest BCUT2D eigenvalue weighted by Gasteiger charge is 2.09. The number of aromatic nitrogens is 2. The van der Waals surface area contributed by atoms with Crippen LogP contribution in [0.3, 0.4) is 0 Å². The summed E-state index contributed by atoms with van der Waals surface area (Å²) < 4.78 is 10.9. The second-order valence-corrected chi connectivity index (χ2v) is 5.56. The van der Waals surface area contributed by atoms with Crippen molar-refractivity contribution in [2.24, 2.45) is 0 Å². The molecule has 0 saturated heterocycles. The van der Waals surface area contributed by atoms with Gasteiger partial charge in [0.05, 0.1) is 0 Å². The van der Waals surface area contributed by atoms with Gasteiger partial charge in [-0.25, -0.2) is 0 Å². The number of ether oxygens (including phenoxy) is 1. The van der Waals surface area contributed by atoms with Gasteiger partial charge in [-0.2, -0.15) is 4.98 Å². The number of amides is 1. The summed E-state index contributed by atoms with van der Waals surface area (Å²) in [5, 5.41) is 6.70. The molecule has 1 N–H and O–H groups in total. The van der Waals surface area contributed by atoms with E-state index in [1.807, 2.05) is 12.1 Å². The van der Waals surface area contributed by atoms with Crippen LogP contribution in [-0.4, -0.2) is 16.0 Å². The Kier molecular flexibility index (Phi) is 5.09. The number of benzene rings is 2. The highest BCUT2D eigenvalue weighted by atomic mass is 16.5. The van der Waals surface area contributed by atoms with E-state index in [9.17, 15) is 4.79 Å². The van der Waals surface area contributed by atoms with Gasteiger partial charge in [-0.05, 0) is 24.1 Å². The third-order valence-electron chi connectivity index (χ3n) is 3.61. The molecule has 3 aromatic rings. The summed E-state index contributed by atoms with van der Waals surface area (Å²) in [6.45, 7) is 3.73. The lowest BCUT2D eigenvalue weighted by Crippen LogP contribution is -2.05. The molecular weight excluding hydrogens is 318 g/mol. The highest BCUT2D eigenvalue weighted by Crippen LogP contribution is 2.20. The maximum absolute atomic E-state index is 11.1. The predicted octanol–water partition coefficient (Wildman–Crippen LogP) is 3.84. The molecular formula is C19H19N3O3. The van der Waals surface area contributed by atoms with Gasteiger partial charge in [0.1, 0.15) is 5.75 Å². The van der Waals surface area contributed by atoms with Gasteiger partial charge in [0.25, 0.3) is 5.89 Å². The average Bonchev–Trinajstić information content (AvgIpc) is 3.09. The number of rotatable bonds is 6. The lowest BCUT2D eigenvalue weighted by Gasteiger charge is -2.06. The number of carbonyl (C=O) groups excluding carboxylic acids is 1. The molecule has 0 radical (unpaired) electrons. The van der Waals surface area contributed by atoms with E-state index >= 15 is 0 Å². The Morgan fingerprint density at radius 1 is 1.20 bits per heavy atom. The molecule has 0 atom stereocenters. The quantitative estimate of drug-likeness (QED) is 0.739. The van der Waals surface area contributed by atoms with Gasteiger partial charge in [-0.15, -0.1) is 0 Å². The fourth-order valence-electron chi connectivity index (χ4n) is 2.33. The molecule has 6 nitrogen and oxygen atoms in total. The van der Waals surface area contributed by atoms with Crippen molar-refractivity contribution < 1.29 is 14.1 Å². The minimum Gasteiger partial charge on any atom is -0.484 e. The molecule has 1 heterocycles. The van der Waals surface area contributed by atoms with Gasteiger partial charge >= 0.3 is 0 Å². The van der Waals surface area contributed by atoms with Crippen LogP contribution in [0, 0.1) is 0 Å². The third-order valence-corrected chi connectivity index (χ3v) is 3.61. The topological polar surface area (TPSA) is 77.3 Å². The summed E-state index contributed by atoms with van der Waals surface area (Å²) in [6, 6.07) is 15.2. The molecule has 0 bridgehead atoms. The summed E-state index contributed by atoms with van der Waals surface area (Å²) in [5.41, 5.74) is 2.84. The Hall–Kier alpha value is -3.15. The van der Waals surface area contributed by atoms with E-state index in [1.54, 1.807) is 24.3 Å². The number of nitrogens with one attached hydrogen (secondary N) is 1. The molecule has 6 heteroatoms. The predicted molar refractivity (Wildman–Crippen MR) is 94.2 cm³/mol. The van der Waals surface area contributed by atoms with Crippen molar-refractivity contribution in [1.82, 2.24) is 10.1 Å². The summed E-state index contributed by atoms with van der Waals surface area (Å²) in [5.74, 6) is 1.40. The number of carbonyl (C=O) groups is 1. The number of hydrogen-bond acceptors (Lipinski definition) is 5. The Morgan fingerprint density at radius 2 is 2.00 bits per heavy atom. The molecule has 2 aromatic carbocycles. The number of aryl methyl sites for hydroxylation is 1. The van der Waals surface area contributed by atoms with Gasteiger partial charge < -0.3 is 14.6 Å². The van der Waals surface area contributed by atoms with Crippen LogP contribution in [0.25, 0.3) is 11.4 Å². The van der Waals surface area contributed by atoms with E-state index in [-0.39, 0.29) is 12.5 Å². The van der Waals surface area contributed by atoms with E-state index < -0.39 is 0 Å². The molecule has 1 aromatic heterocycles. The van der Waals surface area contributed by atoms with Gasteiger partial charge in [-0.1, -0.05) is 42.4 Å². The molecule has 128 valence electrons. The van der Waals surface area contributed by atoms with Crippen LogP contribution in [0.1, 0.15) is 25.3 Å². The van der Waals surface area contributed by atoms with Gasteiger partial charge in [0.2, 0.25) is 11.7 Å². The highest BCUT2D eigenvalue weighted by molar-refractivity contribution is 5.88. The Balaban J connectivity index is 1.64. The van der Waals surface area contributed by atoms with Crippen LogP contribution >= 0.6 is 0 Å². The molecule has 0 fully saturated rings. The van der Waals surface area contributed by atoms with Crippen molar-refractivity contribution in [1.29, 1.82) is 0 Å². The Bertz CT molecular complexity index is 856. The van der Waals surface area contributed by atoms with Crippen LogP contribution in [0.2, 0.25) is 0 Å². The molecule has 3 rings (SSSR count). The first-order valence-electron chi connectivity index (χ1n) is 8.06. The summed E-state index contributed by atoms with van der Waals surface area (Å²) >= 11 is 0. The third kappa shape index (κ3) is 4.44. The zero-order valence-electron chi connectivity index (χ0n) is 14.2. The second kappa shape index (κ2) is 7.61. The minimum atomic E-state index is -0.132. The standard InChI is InChI=1S/C19H19N3O3/c1-3-14-7-9-15(10-8-14)19-21-18(25-22-19)12-24-17-6-4-5-16(11-17)20-13(2)23/h4-11H,3,12H2,1-2H3,(H,20,23). The Morgan fingerprint density at radius 3 is 2.72 bits per heavy atom. The van der Waals surface area contributed by atoms with Crippen molar-refractivity contribution in [3.8, 4) is 17.1 Å². The zero-order valence-corrected chi connectivity index (χ0v) is 14.2. The molecule has 1 amide bonds.